The summed E-state index contributed by atoms with van der Waals surface area (Å²) >= 11 is 0. The van der Waals surface area contributed by atoms with Crippen molar-refractivity contribution < 1.29 is 21.1 Å². The number of aryl methyl sites for hydroxylation is 1. The van der Waals surface area contributed by atoms with Gasteiger partial charge in [0.25, 0.3) is 6.43 Å². The molecule has 0 aromatic heterocycles. The smallest absolute Gasteiger partial charge is 0.205 e. The lowest BCUT2D eigenvalue weighted by atomic mass is 10.1. The van der Waals surface area contributed by atoms with Crippen LogP contribution in [0, 0.1) is 6.92 Å². The van der Waals surface area contributed by atoms with E-state index in [-0.39, 0.29) is 11.1 Å². The summed E-state index contributed by atoms with van der Waals surface area (Å²) < 4.78 is 57.7. The average molecular weight is 224 g/mol. The van der Waals surface area contributed by atoms with Crippen LogP contribution in [0.25, 0.3) is 0 Å². The molecule has 0 unspecified atom stereocenters. The number of alkyl halides is 2. The van der Waals surface area contributed by atoms with Crippen LogP contribution in [0.4, 0.5) is 12.7 Å². The summed E-state index contributed by atoms with van der Waals surface area (Å²) in [5.74, 6) is 0. The molecule has 6 heteroatoms. The molecule has 0 saturated carbocycles. The minimum Gasteiger partial charge on any atom is -0.205 e. The van der Waals surface area contributed by atoms with Crippen molar-refractivity contribution in [2.75, 3.05) is 0 Å². The third kappa shape index (κ3) is 2.25. The Morgan fingerprint density at radius 2 is 1.86 bits per heavy atom. The van der Waals surface area contributed by atoms with E-state index in [1.54, 1.807) is 0 Å². The van der Waals surface area contributed by atoms with Gasteiger partial charge in [-0.1, -0.05) is 6.07 Å². The molecule has 0 N–H and O–H groups in total. The molecule has 0 aliphatic heterocycles. The molecule has 14 heavy (non-hydrogen) atoms. The Bertz CT molecular complexity index is 440. The molecule has 0 aliphatic carbocycles. The zero-order valence-electron chi connectivity index (χ0n) is 7.17. The Morgan fingerprint density at radius 3 is 2.21 bits per heavy atom. The van der Waals surface area contributed by atoms with E-state index in [1.165, 1.54) is 6.92 Å². The second-order valence-electron chi connectivity index (χ2n) is 2.76. The van der Waals surface area contributed by atoms with Crippen molar-refractivity contribution >= 4 is 10.2 Å². The van der Waals surface area contributed by atoms with Crippen LogP contribution in [0.1, 0.15) is 17.6 Å². The van der Waals surface area contributed by atoms with Gasteiger partial charge in [0.1, 0.15) is 0 Å². The van der Waals surface area contributed by atoms with Gasteiger partial charge in [-0.3, -0.25) is 0 Å². The van der Waals surface area contributed by atoms with Crippen molar-refractivity contribution in [1.29, 1.82) is 0 Å². The molecule has 0 amide bonds. The van der Waals surface area contributed by atoms with Gasteiger partial charge in [0.05, 0.1) is 4.90 Å². The molecule has 0 aliphatic rings. The van der Waals surface area contributed by atoms with E-state index in [4.69, 9.17) is 0 Å². The van der Waals surface area contributed by atoms with E-state index in [0.29, 0.717) is 0 Å². The Hall–Kier alpha value is -1.04. The Balaban J connectivity index is 3.27. The number of hydrogen-bond donors (Lipinski definition) is 0. The molecule has 0 saturated heterocycles. The van der Waals surface area contributed by atoms with Gasteiger partial charge in [-0.15, -0.1) is 3.89 Å². The van der Waals surface area contributed by atoms with Crippen LogP contribution in [0.15, 0.2) is 23.1 Å². The van der Waals surface area contributed by atoms with Crippen molar-refractivity contribution in [1.82, 2.24) is 0 Å². The first-order valence-corrected chi connectivity index (χ1v) is 5.04. The maximum Gasteiger partial charge on any atom is 0.332 e. The summed E-state index contributed by atoms with van der Waals surface area (Å²) in [4.78, 5) is -0.598. The van der Waals surface area contributed by atoms with E-state index in [1.807, 2.05) is 0 Å². The maximum absolute atomic E-state index is 12.4. The van der Waals surface area contributed by atoms with Gasteiger partial charge >= 0.3 is 10.2 Å². The lowest BCUT2D eigenvalue weighted by Gasteiger charge is -2.04. The summed E-state index contributed by atoms with van der Waals surface area (Å²) in [6.07, 6.45) is -2.69. The van der Waals surface area contributed by atoms with Gasteiger partial charge in [0, 0.05) is 5.56 Å². The molecule has 0 heterocycles. The highest BCUT2D eigenvalue weighted by molar-refractivity contribution is 7.86. The van der Waals surface area contributed by atoms with Crippen LogP contribution in [-0.2, 0) is 10.2 Å². The monoisotopic (exact) mass is 224 g/mol. The SMILES string of the molecule is Cc1cc(S(=O)(=O)F)ccc1C(F)F. The van der Waals surface area contributed by atoms with Crippen LogP contribution in [-0.4, -0.2) is 8.42 Å². The number of benzene rings is 1. The number of halogens is 3. The van der Waals surface area contributed by atoms with Gasteiger partial charge < -0.3 is 0 Å². The first-order valence-electron chi connectivity index (χ1n) is 3.65. The van der Waals surface area contributed by atoms with Gasteiger partial charge in [0.15, 0.2) is 0 Å². The summed E-state index contributed by atoms with van der Waals surface area (Å²) in [6.45, 7) is 1.30. The van der Waals surface area contributed by atoms with Gasteiger partial charge in [-0.2, -0.15) is 8.42 Å². The van der Waals surface area contributed by atoms with E-state index in [0.717, 1.165) is 18.2 Å². The number of hydrogen-bond acceptors (Lipinski definition) is 2. The fraction of sp³-hybridized carbons (Fsp3) is 0.250. The fourth-order valence-corrected chi connectivity index (χ4v) is 1.59. The summed E-state index contributed by atoms with van der Waals surface area (Å²) in [7, 11) is -4.81. The lowest BCUT2D eigenvalue weighted by Crippen LogP contribution is -1.96. The molecule has 0 bridgehead atoms. The number of rotatable bonds is 2. The first kappa shape index (κ1) is 11.0. The van der Waals surface area contributed by atoms with Crippen LogP contribution in [0.5, 0.6) is 0 Å². The quantitative estimate of drug-likeness (QED) is 0.723. The van der Waals surface area contributed by atoms with Crippen molar-refractivity contribution in [3.8, 4) is 0 Å². The van der Waals surface area contributed by atoms with Crippen molar-refractivity contribution in [3.63, 3.8) is 0 Å². The van der Waals surface area contributed by atoms with Crippen molar-refractivity contribution in [2.24, 2.45) is 0 Å². The molecular formula is C8H7F3O2S. The van der Waals surface area contributed by atoms with Gasteiger partial charge in [-0.25, -0.2) is 8.78 Å². The fourth-order valence-electron chi connectivity index (χ4n) is 1.04. The molecule has 0 spiro atoms. The lowest BCUT2D eigenvalue weighted by molar-refractivity contribution is 0.150. The van der Waals surface area contributed by atoms with Crippen LogP contribution in [0.2, 0.25) is 0 Å². The molecular weight excluding hydrogens is 217 g/mol. The molecule has 1 aromatic rings. The van der Waals surface area contributed by atoms with Gasteiger partial charge in [-0.05, 0) is 24.6 Å². The van der Waals surface area contributed by atoms with Crippen LogP contribution in [0.3, 0.4) is 0 Å². The summed E-state index contributed by atoms with van der Waals surface area (Å²) in [6, 6.07) is 2.62. The molecule has 0 fully saturated rings. The largest absolute Gasteiger partial charge is 0.332 e. The molecule has 1 rings (SSSR count). The maximum atomic E-state index is 12.4. The average Bonchev–Trinajstić information content (AvgIpc) is 2.01. The zero-order valence-corrected chi connectivity index (χ0v) is 7.98. The minimum atomic E-state index is -4.81. The van der Waals surface area contributed by atoms with E-state index < -0.39 is 21.5 Å². The third-order valence-corrected chi connectivity index (χ3v) is 2.57. The predicted octanol–water partition coefficient (Wildman–Crippen LogP) is 2.59. The second-order valence-corrected chi connectivity index (χ2v) is 4.10. The Labute approximate surface area is 79.6 Å². The Morgan fingerprint density at radius 1 is 1.29 bits per heavy atom. The minimum absolute atomic E-state index is 0.0544. The van der Waals surface area contributed by atoms with E-state index >= 15 is 0 Å². The van der Waals surface area contributed by atoms with E-state index in [2.05, 4.69) is 0 Å². The normalized spacial score (nSPS) is 12.1. The standard InChI is InChI=1S/C8H7F3O2S/c1-5-4-6(14(11,12)13)2-3-7(5)8(9)10/h2-4,8H,1H3. The zero-order chi connectivity index (χ0) is 10.9. The molecule has 0 radical (unpaired) electrons. The highest BCUT2D eigenvalue weighted by Gasteiger charge is 2.16. The first-order chi connectivity index (χ1) is 6.32. The van der Waals surface area contributed by atoms with Crippen molar-refractivity contribution in [2.45, 2.75) is 18.2 Å². The Kier molecular flexibility index (Phi) is 2.84. The predicted molar refractivity (Wildman–Crippen MR) is 44.4 cm³/mol. The second kappa shape index (κ2) is 3.61. The van der Waals surface area contributed by atoms with E-state index in [9.17, 15) is 21.1 Å². The van der Waals surface area contributed by atoms with Crippen LogP contribution < -0.4 is 0 Å². The molecule has 2 nitrogen and oxygen atoms in total. The molecule has 0 atom stereocenters. The van der Waals surface area contributed by atoms with Crippen LogP contribution >= 0.6 is 0 Å². The van der Waals surface area contributed by atoms with Crippen molar-refractivity contribution in [3.05, 3.63) is 29.3 Å². The molecule has 78 valence electrons. The topological polar surface area (TPSA) is 34.1 Å². The summed E-state index contributed by atoms with van der Waals surface area (Å²) in [5.41, 5.74) is -0.240. The third-order valence-electron chi connectivity index (χ3n) is 1.76. The van der Waals surface area contributed by atoms with Gasteiger partial charge in [0.2, 0.25) is 0 Å². The highest BCUT2D eigenvalue weighted by Crippen LogP contribution is 2.25. The molecule has 1 aromatic carbocycles. The highest BCUT2D eigenvalue weighted by atomic mass is 32.3. The summed E-state index contributed by atoms with van der Waals surface area (Å²) in [5, 5.41) is 0.